The van der Waals surface area contributed by atoms with Gasteiger partial charge in [-0.05, 0) is 12.0 Å². The first-order valence-electron chi connectivity index (χ1n) is 7.76. The number of hydrogen-bond acceptors (Lipinski definition) is 2. The summed E-state index contributed by atoms with van der Waals surface area (Å²) < 4.78 is 5.91. The van der Waals surface area contributed by atoms with Gasteiger partial charge in [0.2, 0.25) is 5.91 Å². The molecule has 3 heteroatoms. The third-order valence-corrected chi connectivity index (χ3v) is 3.78. The minimum Gasteiger partial charge on any atom is -0.358 e. The maximum atomic E-state index is 12.0. The lowest BCUT2D eigenvalue weighted by atomic mass is 10.2. The average molecular weight is 275 g/mol. The molecule has 0 aromatic heterocycles. The third-order valence-electron chi connectivity index (χ3n) is 3.78. The Labute approximate surface area is 121 Å². The Balaban J connectivity index is 1.81. The lowest BCUT2D eigenvalue weighted by Gasteiger charge is -2.25. The smallest absolute Gasteiger partial charge is 0.225 e. The summed E-state index contributed by atoms with van der Waals surface area (Å²) in [5.74, 6) is 0.215. The average Bonchev–Trinajstić information content (AvgIpc) is 2.81. The standard InChI is InChI=1S/C17H25NO2/c1-2-3-4-8-13-20-17-12-11-16(19)18(17)14-15-9-6-5-7-10-15/h5-7,9-10,17H,2-4,8,11-14H2,1H3. The van der Waals surface area contributed by atoms with Gasteiger partial charge in [-0.1, -0.05) is 56.5 Å². The molecular formula is C17H25NO2. The zero-order chi connectivity index (χ0) is 14.2. The van der Waals surface area contributed by atoms with Gasteiger partial charge in [-0.15, -0.1) is 0 Å². The first-order chi connectivity index (χ1) is 9.81. The van der Waals surface area contributed by atoms with Crippen LogP contribution in [0.25, 0.3) is 0 Å². The first-order valence-corrected chi connectivity index (χ1v) is 7.76. The Morgan fingerprint density at radius 1 is 1.20 bits per heavy atom. The molecule has 0 spiro atoms. The molecule has 1 aliphatic rings. The molecule has 1 fully saturated rings. The van der Waals surface area contributed by atoms with Crippen molar-refractivity contribution in [3.8, 4) is 0 Å². The molecule has 0 bridgehead atoms. The van der Waals surface area contributed by atoms with E-state index in [0.717, 1.165) is 19.4 Å². The number of amides is 1. The van der Waals surface area contributed by atoms with E-state index in [-0.39, 0.29) is 12.1 Å². The van der Waals surface area contributed by atoms with Gasteiger partial charge in [0.1, 0.15) is 6.23 Å². The van der Waals surface area contributed by atoms with Gasteiger partial charge in [-0.3, -0.25) is 4.79 Å². The van der Waals surface area contributed by atoms with E-state index in [9.17, 15) is 4.79 Å². The summed E-state index contributed by atoms with van der Waals surface area (Å²) in [6.07, 6.45) is 6.24. The third kappa shape index (κ3) is 4.34. The number of ether oxygens (including phenoxy) is 1. The molecule has 0 radical (unpaired) electrons. The molecule has 110 valence electrons. The molecule has 3 nitrogen and oxygen atoms in total. The van der Waals surface area contributed by atoms with Crippen LogP contribution in [0.4, 0.5) is 0 Å². The van der Waals surface area contributed by atoms with Crippen molar-refractivity contribution in [2.75, 3.05) is 6.61 Å². The second kappa shape index (κ2) is 8.05. The highest BCUT2D eigenvalue weighted by atomic mass is 16.5. The quantitative estimate of drug-likeness (QED) is 0.676. The van der Waals surface area contributed by atoms with E-state index < -0.39 is 0 Å². The number of likely N-dealkylation sites (tertiary alicyclic amines) is 1. The summed E-state index contributed by atoms with van der Waals surface area (Å²) >= 11 is 0. The predicted octanol–water partition coefficient (Wildman–Crippen LogP) is 3.73. The van der Waals surface area contributed by atoms with Crippen LogP contribution in [0.15, 0.2) is 30.3 Å². The number of rotatable bonds is 8. The minimum absolute atomic E-state index is 0.0238. The molecule has 0 aliphatic carbocycles. The lowest BCUT2D eigenvalue weighted by molar-refractivity contribution is -0.137. The molecule has 1 aromatic carbocycles. The van der Waals surface area contributed by atoms with Gasteiger partial charge in [0.05, 0.1) is 0 Å². The molecule has 1 aromatic rings. The van der Waals surface area contributed by atoms with Crippen molar-refractivity contribution in [1.82, 2.24) is 4.90 Å². The molecule has 1 heterocycles. The van der Waals surface area contributed by atoms with Crippen molar-refractivity contribution >= 4 is 5.91 Å². The van der Waals surface area contributed by atoms with Gasteiger partial charge in [-0.25, -0.2) is 0 Å². The second-order valence-electron chi connectivity index (χ2n) is 5.43. The summed E-state index contributed by atoms with van der Waals surface area (Å²) in [6.45, 7) is 3.64. The molecule has 0 saturated carbocycles. The van der Waals surface area contributed by atoms with Crippen LogP contribution in [-0.4, -0.2) is 23.6 Å². The Hall–Kier alpha value is -1.35. The van der Waals surface area contributed by atoms with Crippen molar-refractivity contribution < 1.29 is 9.53 Å². The maximum absolute atomic E-state index is 12.0. The zero-order valence-electron chi connectivity index (χ0n) is 12.4. The van der Waals surface area contributed by atoms with Crippen LogP contribution >= 0.6 is 0 Å². The first kappa shape index (κ1) is 15.0. The Morgan fingerprint density at radius 3 is 2.75 bits per heavy atom. The summed E-state index contributed by atoms with van der Waals surface area (Å²) in [4.78, 5) is 13.9. The van der Waals surface area contributed by atoms with Gasteiger partial charge in [0.15, 0.2) is 0 Å². The van der Waals surface area contributed by atoms with Crippen LogP contribution < -0.4 is 0 Å². The van der Waals surface area contributed by atoms with E-state index in [1.807, 2.05) is 23.1 Å². The highest BCUT2D eigenvalue weighted by molar-refractivity contribution is 5.78. The van der Waals surface area contributed by atoms with Crippen molar-refractivity contribution in [2.24, 2.45) is 0 Å². The lowest BCUT2D eigenvalue weighted by Crippen LogP contribution is -2.34. The van der Waals surface area contributed by atoms with Gasteiger partial charge in [0, 0.05) is 26.0 Å². The molecule has 1 saturated heterocycles. The highest BCUT2D eigenvalue weighted by Gasteiger charge is 2.31. The highest BCUT2D eigenvalue weighted by Crippen LogP contribution is 2.22. The SMILES string of the molecule is CCCCCCOC1CCC(=O)N1Cc1ccccc1. The Bertz CT molecular complexity index is 405. The van der Waals surface area contributed by atoms with Crippen molar-refractivity contribution in [1.29, 1.82) is 0 Å². The van der Waals surface area contributed by atoms with E-state index in [2.05, 4.69) is 19.1 Å². The van der Waals surface area contributed by atoms with Crippen molar-refractivity contribution in [3.63, 3.8) is 0 Å². The summed E-state index contributed by atoms with van der Waals surface area (Å²) in [5.41, 5.74) is 1.17. The number of carbonyl (C=O) groups is 1. The second-order valence-corrected chi connectivity index (χ2v) is 5.43. The van der Waals surface area contributed by atoms with E-state index in [1.54, 1.807) is 0 Å². The summed E-state index contributed by atoms with van der Waals surface area (Å²) in [7, 11) is 0. The largest absolute Gasteiger partial charge is 0.358 e. The zero-order valence-corrected chi connectivity index (χ0v) is 12.4. The van der Waals surface area contributed by atoms with Crippen LogP contribution in [0.3, 0.4) is 0 Å². The Kier molecular flexibility index (Phi) is 6.06. The Morgan fingerprint density at radius 2 is 2.00 bits per heavy atom. The predicted molar refractivity (Wildman–Crippen MR) is 80.1 cm³/mol. The van der Waals surface area contributed by atoms with Crippen molar-refractivity contribution in [2.45, 2.75) is 58.2 Å². The fourth-order valence-electron chi connectivity index (χ4n) is 2.60. The molecule has 1 atom stereocenters. The molecule has 1 aliphatic heterocycles. The van der Waals surface area contributed by atoms with Gasteiger partial charge in [0.25, 0.3) is 0 Å². The summed E-state index contributed by atoms with van der Waals surface area (Å²) in [5, 5.41) is 0. The van der Waals surface area contributed by atoms with E-state index in [4.69, 9.17) is 4.74 Å². The molecule has 1 unspecified atom stereocenters. The van der Waals surface area contributed by atoms with Gasteiger partial charge >= 0.3 is 0 Å². The van der Waals surface area contributed by atoms with Crippen LogP contribution in [0.1, 0.15) is 51.0 Å². The number of benzene rings is 1. The normalized spacial score (nSPS) is 18.8. The number of hydrogen-bond donors (Lipinski definition) is 0. The van der Waals surface area contributed by atoms with Crippen LogP contribution in [-0.2, 0) is 16.1 Å². The van der Waals surface area contributed by atoms with Gasteiger partial charge < -0.3 is 9.64 Å². The number of carbonyl (C=O) groups excluding carboxylic acids is 1. The van der Waals surface area contributed by atoms with Crippen LogP contribution in [0, 0.1) is 0 Å². The topological polar surface area (TPSA) is 29.5 Å². The van der Waals surface area contributed by atoms with Crippen LogP contribution in [0.5, 0.6) is 0 Å². The minimum atomic E-state index is -0.0238. The maximum Gasteiger partial charge on any atom is 0.225 e. The number of unbranched alkanes of at least 4 members (excludes halogenated alkanes) is 3. The van der Waals surface area contributed by atoms with E-state index in [0.29, 0.717) is 13.0 Å². The summed E-state index contributed by atoms with van der Waals surface area (Å²) in [6, 6.07) is 10.1. The van der Waals surface area contributed by atoms with Crippen molar-refractivity contribution in [3.05, 3.63) is 35.9 Å². The van der Waals surface area contributed by atoms with Crippen LogP contribution in [0.2, 0.25) is 0 Å². The van der Waals surface area contributed by atoms with E-state index >= 15 is 0 Å². The molecule has 1 amide bonds. The van der Waals surface area contributed by atoms with Gasteiger partial charge in [-0.2, -0.15) is 0 Å². The fourth-order valence-corrected chi connectivity index (χ4v) is 2.60. The monoisotopic (exact) mass is 275 g/mol. The molecule has 2 rings (SSSR count). The number of nitrogens with zero attached hydrogens (tertiary/aromatic N) is 1. The molecule has 20 heavy (non-hydrogen) atoms. The van der Waals surface area contributed by atoms with E-state index in [1.165, 1.54) is 24.8 Å². The molecule has 0 N–H and O–H groups in total. The molecular weight excluding hydrogens is 250 g/mol. The fraction of sp³-hybridized carbons (Fsp3) is 0.588.